The number of H-pyrrole nitrogens is 1. The number of aldehydes is 1. The molecular formula is C31H41N3O2. The van der Waals surface area contributed by atoms with Gasteiger partial charge in [0, 0.05) is 36.5 Å². The first-order valence-electron chi connectivity index (χ1n) is 12.7. The lowest BCUT2D eigenvalue weighted by Gasteiger charge is -2.19. The van der Waals surface area contributed by atoms with Gasteiger partial charge in [0.2, 0.25) is 5.91 Å². The molecule has 5 heteroatoms. The van der Waals surface area contributed by atoms with Crippen LogP contribution in [0.4, 0.5) is 0 Å². The number of benzene rings is 2. The third-order valence-electron chi connectivity index (χ3n) is 6.25. The molecule has 0 saturated carbocycles. The van der Waals surface area contributed by atoms with Crippen LogP contribution in [0.1, 0.15) is 44.7 Å². The van der Waals surface area contributed by atoms with Gasteiger partial charge in [-0.1, -0.05) is 88.0 Å². The largest absolute Gasteiger partial charge is 0.380 e. The predicted molar refractivity (Wildman–Crippen MR) is 151 cm³/mol. The molecule has 3 rings (SSSR count). The topological polar surface area (TPSA) is 74.0 Å². The van der Waals surface area contributed by atoms with Crippen LogP contribution in [0.3, 0.4) is 0 Å². The second-order valence-corrected chi connectivity index (χ2v) is 9.56. The molecule has 3 atom stereocenters. The predicted octanol–water partition coefficient (Wildman–Crippen LogP) is 6.15. The van der Waals surface area contributed by atoms with E-state index >= 15 is 0 Å². The van der Waals surface area contributed by atoms with Gasteiger partial charge >= 0.3 is 0 Å². The number of hydrogen-bond acceptors (Lipinski definition) is 3. The smallest absolute Gasteiger partial charge is 0.242 e. The van der Waals surface area contributed by atoms with Gasteiger partial charge in [0.05, 0.1) is 0 Å². The molecule has 0 fully saturated rings. The molecular weight excluding hydrogens is 446 g/mol. The zero-order valence-corrected chi connectivity index (χ0v) is 22.0. The Morgan fingerprint density at radius 3 is 2.39 bits per heavy atom. The minimum Gasteiger partial charge on any atom is -0.380 e. The van der Waals surface area contributed by atoms with Crippen molar-refractivity contribution in [1.82, 2.24) is 15.6 Å². The molecule has 1 heterocycles. The molecule has 1 amide bonds. The van der Waals surface area contributed by atoms with Gasteiger partial charge in [-0.3, -0.25) is 4.79 Å². The van der Waals surface area contributed by atoms with Gasteiger partial charge in [0.25, 0.3) is 0 Å². The average Bonchev–Trinajstić information content (AvgIpc) is 3.29. The lowest BCUT2D eigenvalue weighted by atomic mass is 9.85. The van der Waals surface area contributed by atoms with E-state index in [9.17, 15) is 9.59 Å². The number of aromatic amines is 1. The third kappa shape index (κ3) is 9.21. The minimum absolute atomic E-state index is 0.0415. The molecule has 0 bridgehead atoms. The standard InChI is InChI=1S/C17H24O.C14H17N3O/c1-14(2)12-15(3)17(13-18)11-7-10-16-8-5-4-6-9-16;1-3-16-13(14(18)15-2)8-10-9-17-12-7-5-4-6-11(10)12/h4-10,13-15,17H,11-12H2,1-3H3;3-7,9,13,16-17H,1,8H2,2H3,(H,15,18)/b10-7+;/t15-,17-;13-/m10/s1. The molecule has 0 saturated heterocycles. The van der Waals surface area contributed by atoms with Gasteiger partial charge in [0.1, 0.15) is 12.3 Å². The van der Waals surface area contributed by atoms with Crippen molar-refractivity contribution in [3.63, 3.8) is 0 Å². The molecule has 0 aliphatic heterocycles. The summed E-state index contributed by atoms with van der Waals surface area (Å²) in [5.41, 5.74) is 3.40. The molecule has 0 spiro atoms. The van der Waals surface area contributed by atoms with Crippen LogP contribution in [0, 0.1) is 17.8 Å². The SMILES string of the molecule is C=CN[C@@H](Cc1c[nH]c2ccccc12)C(=O)NC.CC(C)C[C@@H](C)[C@@H](C=O)C/C=C/c1ccccc1. The van der Waals surface area contributed by atoms with Crippen molar-refractivity contribution in [2.24, 2.45) is 17.8 Å². The number of rotatable bonds is 12. The van der Waals surface area contributed by atoms with E-state index in [4.69, 9.17) is 0 Å². The van der Waals surface area contributed by atoms with E-state index < -0.39 is 0 Å². The Morgan fingerprint density at radius 1 is 1.06 bits per heavy atom. The van der Waals surface area contributed by atoms with Crippen LogP contribution < -0.4 is 10.6 Å². The first-order valence-corrected chi connectivity index (χ1v) is 12.7. The van der Waals surface area contributed by atoms with Gasteiger partial charge in [-0.2, -0.15) is 0 Å². The van der Waals surface area contributed by atoms with Gasteiger partial charge in [-0.15, -0.1) is 0 Å². The van der Waals surface area contributed by atoms with Crippen LogP contribution in [0.5, 0.6) is 0 Å². The van der Waals surface area contributed by atoms with Gasteiger partial charge in [-0.05, 0) is 48.1 Å². The van der Waals surface area contributed by atoms with Crippen molar-refractivity contribution in [2.45, 2.75) is 46.1 Å². The van der Waals surface area contributed by atoms with Crippen molar-refractivity contribution in [3.8, 4) is 0 Å². The summed E-state index contributed by atoms with van der Waals surface area (Å²) in [5, 5.41) is 6.78. The van der Waals surface area contributed by atoms with E-state index in [2.05, 4.69) is 73.3 Å². The number of para-hydroxylation sites is 1. The van der Waals surface area contributed by atoms with Crippen molar-refractivity contribution >= 4 is 29.2 Å². The average molecular weight is 488 g/mol. The summed E-state index contributed by atoms with van der Waals surface area (Å²) < 4.78 is 0. The van der Waals surface area contributed by atoms with Crippen LogP contribution in [0.25, 0.3) is 17.0 Å². The molecule has 1 aromatic heterocycles. The van der Waals surface area contributed by atoms with Crippen LogP contribution in [-0.2, 0) is 16.0 Å². The monoisotopic (exact) mass is 487 g/mol. The highest BCUT2D eigenvalue weighted by Gasteiger charge is 2.18. The van der Waals surface area contributed by atoms with E-state index in [0.717, 1.165) is 35.6 Å². The maximum atomic E-state index is 11.7. The molecule has 0 radical (unpaired) electrons. The Morgan fingerprint density at radius 2 is 1.75 bits per heavy atom. The number of aromatic nitrogens is 1. The fourth-order valence-electron chi connectivity index (χ4n) is 4.33. The molecule has 2 aromatic carbocycles. The Labute approximate surface area is 216 Å². The maximum Gasteiger partial charge on any atom is 0.242 e. The molecule has 0 aliphatic rings. The molecule has 0 aliphatic carbocycles. The summed E-state index contributed by atoms with van der Waals surface area (Å²) in [7, 11) is 1.63. The Bertz CT molecular complexity index is 1100. The Hall–Kier alpha value is -3.60. The summed E-state index contributed by atoms with van der Waals surface area (Å²) in [4.78, 5) is 26.1. The highest BCUT2D eigenvalue weighted by atomic mass is 16.2. The number of allylic oxidation sites excluding steroid dienone is 1. The first-order chi connectivity index (χ1) is 17.4. The Kier molecular flexibility index (Phi) is 12.3. The lowest BCUT2D eigenvalue weighted by Crippen LogP contribution is -2.41. The summed E-state index contributed by atoms with van der Waals surface area (Å²) in [5.74, 6) is 1.22. The number of amides is 1. The zero-order chi connectivity index (χ0) is 26.3. The fourth-order valence-corrected chi connectivity index (χ4v) is 4.33. The minimum atomic E-state index is -0.299. The summed E-state index contributed by atoms with van der Waals surface area (Å²) in [6, 6.07) is 18.0. The molecule has 0 unspecified atom stereocenters. The van der Waals surface area contributed by atoms with Crippen molar-refractivity contribution in [3.05, 3.63) is 90.8 Å². The molecule has 3 N–H and O–H groups in total. The normalized spacial score (nSPS) is 13.5. The first kappa shape index (κ1) is 28.6. The molecule has 192 valence electrons. The number of likely N-dealkylation sites (N-methyl/N-ethyl adjacent to an activating group) is 1. The van der Waals surface area contributed by atoms with Crippen LogP contribution in [-0.4, -0.2) is 30.3 Å². The van der Waals surface area contributed by atoms with Crippen LogP contribution in [0.15, 0.2) is 79.6 Å². The van der Waals surface area contributed by atoms with Gasteiger partial charge in [-0.25, -0.2) is 0 Å². The Balaban J connectivity index is 0.000000254. The van der Waals surface area contributed by atoms with Crippen LogP contribution in [0.2, 0.25) is 0 Å². The highest BCUT2D eigenvalue weighted by Crippen LogP contribution is 2.22. The van der Waals surface area contributed by atoms with E-state index in [1.807, 2.05) is 42.6 Å². The molecule has 5 nitrogen and oxygen atoms in total. The number of hydrogen-bond donors (Lipinski definition) is 3. The summed E-state index contributed by atoms with van der Waals surface area (Å²) >= 11 is 0. The third-order valence-corrected chi connectivity index (χ3v) is 6.25. The number of carbonyl (C=O) groups excluding carboxylic acids is 2. The van der Waals surface area contributed by atoms with Crippen LogP contribution >= 0.6 is 0 Å². The summed E-state index contributed by atoms with van der Waals surface area (Å²) in [6.45, 7) is 10.2. The van der Waals surface area contributed by atoms with Crippen molar-refractivity contribution < 1.29 is 9.59 Å². The van der Waals surface area contributed by atoms with Crippen molar-refractivity contribution in [2.75, 3.05) is 7.05 Å². The highest BCUT2D eigenvalue weighted by molar-refractivity contribution is 5.86. The second-order valence-electron chi connectivity index (χ2n) is 9.56. The van der Waals surface area contributed by atoms with E-state index in [-0.39, 0.29) is 17.9 Å². The fraction of sp³-hybridized carbons (Fsp3) is 0.355. The van der Waals surface area contributed by atoms with Gasteiger partial charge in [0.15, 0.2) is 0 Å². The summed E-state index contributed by atoms with van der Waals surface area (Å²) in [6.07, 6.45) is 11.4. The zero-order valence-electron chi connectivity index (χ0n) is 22.0. The number of fused-ring (bicyclic) bond motifs is 1. The molecule has 36 heavy (non-hydrogen) atoms. The maximum absolute atomic E-state index is 11.7. The van der Waals surface area contributed by atoms with Gasteiger partial charge < -0.3 is 20.4 Å². The van der Waals surface area contributed by atoms with E-state index in [0.29, 0.717) is 18.3 Å². The molecule has 3 aromatic rings. The number of nitrogens with one attached hydrogen (secondary N) is 3. The van der Waals surface area contributed by atoms with E-state index in [1.54, 1.807) is 13.2 Å². The van der Waals surface area contributed by atoms with Crippen molar-refractivity contribution in [1.29, 1.82) is 0 Å². The van der Waals surface area contributed by atoms with E-state index in [1.165, 1.54) is 5.56 Å². The second kappa shape index (κ2) is 15.4. The number of carbonyl (C=O) groups is 2. The quantitative estimate of drug-likeness (QED) is 0.268. The lowest BCUT2D eigenvalue weighted by molar-refractivity contribution is -0.122.